The summed E-state index contributed by atoms with van der Waals surface area (Å²) in [5, 5.41) is 4.79. The number of ether oxygens (including phenoxy) is 1. The number of hydrogen-bond donors (Lipinski definition) is 2. The third-order valence-electron chi connectivity index (χ3n) is 3.48. The van der Waals surface area contributed by atoms with Crippen LogP contribution in [0.4, 0.5) is 0 Å². The summed E-state index contributed by atoms with van der Waals surface area (Å²) in [6.45, 7) is 2.62. The van der Waals surface area contributed by atoms with Crippen molar-refractivity contribution in [2.24, 2.45) is 0 Å². The molecule has 1 saturated heterocycles. The van der Waals surface area contributed by atoms with E-state index in [2.05, 4.69) is 10.6 Å². The number of likely N-dealkylation sites (N-methyl/N-ethyl adjacent to an activating group) is 1. The number of carbonyl (C=O) groups excluding carboxylic acids is 2. The molecule has 1 unspecified atom stereocenters. The van der Waals surface area contributed by atoms with Gasteiger partial charge in [-0.05, 0) is 25.5 Å². The first-order chi connectivity index (χ1) is 11.5. The molecule has 0 bridgehead atoms. The molecule has 1 aliphatic rings. The Morgan fingerprint density at radius 3 is 2.54 bits per heavy atom. The Morgan fingerprint density at radius 1 is 1.21 bits per heavy atom. The highest BCUT2D eigenvalue weighted by molar-refractivity contribution is 7.89. The van der Waals surface area contributed by atoms with Crippen LogP contribution in [0.5, 0.6) is 0 Å². The maximum absolute atomic E-state index is 12.7. The predicted molar refractivity (Wildman–Crippen MR) is 86.4 cm³/mol. The topological polar surface area (TPSA) is 105 Å². The van der Waals surface area contributed by atoms with E-state index >= 15 is 0 Å². The Kier molecular flexibility index (Phi) is 6.29. The summed E-state index contributed by atoms with van der Waals surface area (Å²) in [6.07, 6.45) is -0.283. The Labute approximate surface area is 141 Å². The molecule has 1 aromatic rings. The van der Waals surface area contributed by atoms with Crippen molar-refractivity contribution < 1.29 is 22.7 Å². The van der Waals surface area contributed by atoms with Gasteiger partial charge in [-0.1, -0.05) is 18.2 Å². The summed E-state index contributed by atoms with van der Waals surface area (Å²) in [4.78, 5) is 23.2. The van der Waals surface area contributed by atoms with Crippen LogP contribution in [-0.4, -0.2) is 57.0 Å². The van der Waals surface area contributed by atoms with E-state index < -0.39 is 28.1 Å². The predicted octanol–water partition coefficient (Wildman–Crippen LogP) is -0.324. The van der Waals surface area contributed by atoms with E-state index in [9.17, 15) is 18.0 Å². The van der Waals surface area contributed by atoms with Crippen LogP contribution in [-0.2, 0) is 24.3 Å². The second-order valence-electron chi connectivity index (χ2n) is 5.18. The number of hydrogen-bond acceptors (Lipinski definition) is 5. The normalized spacial score (nSPS) is 18.8. The quantitative estimate of drug-likeness (QED) is 0.704. The molecular weight excluding hydrogens is 334 g/mol. The van der Waals surface area contributed by atoms with Gasteiger partial charge >= 0.3 is 11.8 Å². The van der Waals surface area contributed by atoms with Gasteiger partial charge in [0.2, 0.25) is 10.0 Å². The molecule has 0 radical (unpaired) electrons. The highest BCUT2D eigenvalue weighted by atomic mass is 32.2. The first-order valence-corrected chi connectivity index (χ1v) is 9.15. The molecule has 0 saturated carbocycles. The van der Waals surface area contributed by atoms with E-state index in [-0.39, 0.29) is 11.4 Å². The molecule has 0 aromatic heterocycles. The summed E-state index contributed by atoms with van der Waals surface area (Å²) in [7, 11) is -3.73. The summed E-state index contributed by atoms with van der Waals surface area (Å²) < 4.78 is 32.2. The third-order valence-corrected chi connectivity index (χ3v) is 5.39. The smallest absolute Gasteiger partial charge is 0.309 e. The number of amides is 2. The molecule has 0 spiro atoms. The molecule has 24 heavy (non-hydrogen) atoms. The van der Waals surface area contributed by atoms with Crippen molar-refractivity contribution in [1.29, 1.82) is 0 Å². The van der Waals surface area contributed by atoms with Crippen molar-refractivity contribution in [3.8, 4) is 0 Å². The van der Waals surface area contributed by atoms with E-state index in [0.29, 0.717) is 26.1 Å². The van der Waals surface area contributed by atoms with Crippen molar-refractivity contribution in [3.05, 3.63) is 30.3 Å². The lowest BCUT2D eigenvalue weighted by Crippen LogP contribution is -2.53. The number of rotatable bonds is 5. The maximum Gasteiger partial charge on any atom is 0.309 e. The van der Waals surface area contributed by atoms with Crippen LogP contribution in [0.1, 0.15) is 13.3 Å². The van der Waals surface area contributed by atoms with Crippen LogP contribution in [0.3, 0.4) is 0 Å². The Morgan fingerprint density at radius 2 is 1.88 bits per heavy atom. The van der Waals surface area contributed by atoms with Crippen LogP contribution < -0.4 is 10.6 Å². The molecule has 1 atom stereocenters. The summed E-state index contributed by atoms with van der Waals surface area (Å²) in [5.41, 5.74) is 0. The molecule has 1 aromatic carbocycles. The van der Waals surface area contributed by atoms with Crippen LogP contribution in [0.25, 0.3) is 0 Å². The lowest BCUT2D eigenvalue weighted by atomic mass is 10.3. The van der Waals surface area contributed by atoms with Gasteiger partial charge < -0.3 is 15.4 Å². The largest absolute Gasteiger partial charge is 0.360 e. The van der Waals surface area contributed by atoms with Gasteiger partial charge in [0.15, 0.2) is 0 Å². The minimum atomic E-state index is -3.73. The summed E-state index contributed by atoms with van der Waals surface area (Å²) >= 11 is 0. The Bertz CT molecular complexity index is 678. The van der Waals surface area contributed by atoms with Gasteiger partial charge in [0, 0.05) is 13.1 Å². The van der Waals surface area contributed by atoms with E-state index in [1.54, 1.807) is 25.1 Å². The molecule has 1 heterocycles. The molecule has 8 nitrogen and oxygen atoms in total. The van der Waals surface area contributed by atoms with Gasteiger partial charge in [-0.25, -0.2) is 8.42 Å². The number of nitrogens with one attached hydrogen (secondary N) is 2. The minimum absolute atomic E-state index is 0.0952. The lowest BCUT2D eigenvalue weighted by Gasteiger charge is -2.34. The van der Waals surface area contributed by atoms with Gasteiger partial charge in [0.25, 0.3) is 0 Å². The fourth-order valence-electron chi connectivity index (χ4n) is 2.33. The fraction of sp³-hybridized carbons (Fsp3) is 0.467. The van der Waals surface area contributed by atoms with Gasteiger partial charge in [-0.15, -0.1) is 0 Å². The number of sulfonamides is 1. The standard InChI is InChI=1S/C15H21N3O5S/c1-2-16-14(19)15(20)17-11-13-18(9-6-10-23-13)24(21,22)12-7-4-3-5-8-12/h3-5,7-8,13H,2,6,9-11H2,1H3,(H,16,19)(H,17,20). The van der Waals surface area contributed by atoms with Gasteiger partial charge in [0.1, 0.15) is 6.23 Å². The van der Waals surface area contributed by atoms with Crippen molar-refractivity contribution in [1.82, 2.24) is 14.9 Å². The molecule has 9 heteroatoms. The number of nitrogens with zero attached hydrogens (tertiary/aromatic N) is 1. The van der Waals surface area contributed by atoms with Gasteiger partial charge in [-0.3, -0.25) is 9.59 Å². The van der Waals surface area contributed by atoms with E-state index in [0.717, 1.165) is 0 Å². The van der Waals surface area contributed by atoms with E-state index in [4.69, 9.17) is 4.74 Å². The molecule has 1 fully saturated rings. The maximum atomic E-state index is 12.7. The third kappa shape index (κ3) is 4.31. The second-order valence-corrected chi connectivity index (χ2v) is 7.07. The van der Waals surface area contributed by atoms with Gasteiger partial charge in [0.05, 0.1) is 18.0 Å². The Balaban J connectivity index is 2.08. The average molecular weight is 355 g/mol. The number of carbonyl (C=O) groups is 2. The zero-order valence-electron chi connectivity index (χ0n) is 13.4. The first kappa shape index (κ1) is 18.4. The van der Waals surface area contributed by atoms with Gasteiger partial charge in [-0.2, -0.15) is 4.31 Å². The molecule has 2 N–H and O–H groups in total. The second kappa shape index (κ2) is 8.22. The average Bonchev–Trinajstić information content (AvgIpc) is 2.60. The molecule has 2 amide bonds. The van der Waals surface area contributed by atoms with Crippen molar-refractivity contribution >= 4 is 21.8 Å². The number of benzene rings is 1. The van der Waals surface area contributed by atoms with E-state index in [1.165, 1.54) is 16.4 Å². The van der Waals surface area contributed by atoms with Crippen LogP contribution >= 0.6 is 0 Å². The van der Waals surface area contributed by atoms with Crippen LogP contribution in [0.15, 0.2) is 35.2 Å². The highest BCUT2D eigenvalue weighted by Gasteiger charge is 2.34. The molecule has 2 rings (SSSR count). The van der Waals surface area contributed by atoms with Crippen LogP contribution in [0, 0.1) is 0 Å². The Hall–Kier alpha value is -1.97. The van der Waals surface area contributed by atoms with E-state index in [1.807, 2.05) is 0 Å². The minimum Gasteiger partial charge on any atom is -0.360 e. The monoisotopic (exact) mass is 355 g/mol. The summed E-state index contributed by atoms with van der Waals surface area (Å²) in [5.74, 6) is -1.58. The lowest BCUT2D eigenvalue weighted by molar-refractivity contribution is -0.140. The summed E-state index contributed by atoms with van der Waals surface area (Å²) in [6, 6.07) is 8.03. The SMILES string of the molecule is CCNC(=O)C(=O)NCC1OCCCN1S(=O)(=O)c1ccccc1. The van der Waals surface area contributed by atoms with Crippen molar-refractivity contribution in [2.45, 2.75) is 24.5 Å². The van der Waals surface area contributed by atoms with Crippen molar-refractivity contribution in [3.63, 3.8) is 0 Å². The zero-order chi connectivity index (χ0) is 17.6. The van der Waals surface area contributed by atoms with Crippen LogP contribution in [0.2, 0.25) is 0 Å². The molecule has 1 aliphatic heterocycles. The molecule has 132 valence electrons. The zero-order valence-corrected chi connectivity index (χ0v) is 14.2. The highest BCUT2D eigenvalue weighted by Crippen LogP contribution is 2.21. The fourth-order valence-corrected chi connectivity index (χ4v) is 3.92. The molecular formula is C15H21N3O5S. The van der Waals surface area contributed by atoms with Crippen molar-refractivity contribution in [2.75, 3.05) is 26.2 Å². The first-order valence-electron chi connectivity index (χ1n) is 7.71. The molecule has 0 aliphatic carbocycles.